The van der Waals surface area contributed by atoms with Crippen LogP contribution in [0.3, 0.4) is 0 Å². The van der Waals surface area contributed by atoms with Crippen LogP contribution in [-0.4, -0.2) is 23.1 Å². The Morgan fingerprint density at radius 1 is 1.20 bits per heavy atom. The van der Waals surface area contributed by atoms with Gasteiger partial charge in [0.1, 0.15) is 0 Å². The fourth-order valence-electron chi connectivity index (χ4n) is 0.401. The normalized spacial score (nSPS) is 17.1. The molecule has 0 rings (SSSR count). The van der Waals surface area contributed by atoms with Gasteiger partial charge in [-0.15, -0.1) is 0 Å². The van der Waals surface area contributed by atoms with E-state index in [1.165, 1.54) is 0 Å². The molecule has 0 aromatic heterocycles. The van der Waals surface area contributed by atoms with Crippen LogP contribution in [0, 0.1) is 0 Å². The van der Waals surface area contributed by atoms with Crippen LogP contribution in [-0.2, 0) is 0 Å². The van der Waals surface area contributed by atoms with Gasteiger partial charge in [-0.1, -0.05) is 0 Å². The maximum Gasteiger partial charge on any atom is 0.422 e. The van der Waals surface area contributed by atoms with E-state index in [1.807, 2.05) is 0 Å². The van der Waals surface area contributed by atoms with Gasteiger partial charge in [0, 0.05) is 0 Å². The number of halogens is 4. The molecule has 0 radical (unpaired) electrons. The summed E-state index contributed by atoms with van der Waals surface area (Å²) in [6, 6.07) is 0. The van der Waals surface area contributed by atoms with Crippen LogP contribution in [0.1, 0.15) is 13.8 Å². The van der Waals surface area contributed by atoms with E-state index in [4.69, 9.17) is 5.11 Å². The van der Waals surface area contributed by atoms with Gasteiger partial charge in [-0.05, 0) is 13.8 Å². The zero-order chi connectivity index (χ0) is 8.58. The summed E-state index contributed by atoms with van der Waals surface area (Å²) in [6.45, 7) is 1.54. The predicted octanol–water partition coefficient (Wildman–Crippen LogP) is 1.66. The summed E-state index contributed by atoms with van der Waals surface area (Å²) in [5.41, 5.74) is -2.35. The molecule has 0 bridgehead atoms. The monoisotopic (exact) mass is 160 g/mol. The number of rotatable bonds is 1. The summed E-state index contributed by atoms with van der Waals surface area (Å²) in [6.07, 6.45) is -8.15. The van der Waals surface area contributed by atoms with E-state index < -0.39 is 17.9 Å². The number of alkyl halides is 4. The van der Waals surface area contributed by atoms with Crippen molar-refractivity contribution in [2.75, 3.05) is 0 Å². The van der Waals surface area contributed by atoms with Gasteiger partial charge < -0.3 is 5.11 Å². The van der Waals surface area contributed by atoms with E-state index >= 15 is 0 Å². The second kappa shape index (κ2) is 2.38. The van der Waals surface area contributed by atoms with Gasteiger partial charge in [-0.25, -0.2) is 4.39 Å². The van der Waals surface area contributed by atoms with Crippen LogP contribution in [0.25, 0.3) is 0 Å². The molecular weight excluding hydrogens is 152 g/mol. The first kappa shape index (κ1) is 9.68. The van der Waals surface area contributed by atoms with Crippen molar-refractivity contribution in [2.45, 2.75) is 31.8 Å². The van der Waals surface area contributed by atoms with Gasteiger partial charge in [0.05, 0.1) is 5.60 Å². The Morgan fingerprint density at radius 3 is 1.50 bits per heavy atom. The molecule has 1 unspecified atom stereocenters. The van der Waals surface area contributed by atoms with E-state index in [-0.39, 0.29) is 0 Å². The van der Waals surface area contributed by atoms with E-state index in [0.29, 0.717) is 0 Å². The Kier molecular flexibility index (Phi) is 2.30. The third-order valence-corrected chi connectivity index (χ3v) is 0.908. The van der Waals surface area contributed by atoms with Crippen molar-refractivity contribution in [1.82, 2.24) is 0 Å². The van der Waals surface area contributed by atoms with Crippen molar-refractivity contribution < 1.29 is 22.7 Å². The molecular formula is C5H8F4O. The summed E-state index contributed by atoms with van der Waals surface area (Å²) >= 11 is 0. The summed E-state index contributed by atoms with van der Waals surface area (Å²) < 4.78 is 46.3. The smallest absolute Gasteiger partial charge is 0.387 e. The molecule has 0 aliphatic heterocycles. The standard InChI is InChI=1S/C5H8F4O/c1-4(2,10)3(6)5(7,8)9/h3,10H,1-2H3. The first-order valence-corrected chi connectivity index (χ1v) is 2.59. The van der Waals surface area contributed by atoms with Crippen molar-refractivity contribution in [3.05, 3.63) is 0 Å². The Labute approximate surface area is 55.7 Å². The summed E-state index contributed by atoms with van der Waals surface area (Å²) in [7, 11) is 0. The minimum atomic E-state index is -4.97. The highest BCUT2D eigenvalue weighted by Gasteiger charge is 2.48. The average Bonchev–Trinajstić information content (AvgIpc) is 1.59. The molecule has 62 valence electrons. The van der Waals surface area contributed by atoms with Gasteiger partial charge in [0.25, 0.3) is 0 Å². The zero-order valence-corrected chi connectivity index (χ0v) is 5.54. The topological polar surface area (TPSA) is 20.2 Å². The molecule has 0 heterocycles. The molecule has 0 saturated heterocycles. The van der Waals surface area contributed by atoms with Crippen LogP contribution >= 0.6 is 0 Å². The molecule has 0 aromatic rings. The first-order valence-electron chi connectivity index (χ1n) is 2.59. The Balaban J connectivity index is 4.23. The van der Waals surface area contributed by atoms with Crippen LogP contribution in [0.15, 0.2) is 0 Å². The predicted molar refractivity (Wildman–Crippen MR) is 27.2 cm³/mol. The molecule has 0 aliphatic rings. The SMILES string of the molecule is CC(C)(O)C(F)C(F)(F)F. The van der Waals surface area contributed by atoms with Crippen molar-refractivity contribution in [3.63, 3.8) is 0 Å². The lowest BCUT2D eigenvalue weighted by Gasteiger charge is -2.23. The van der Waals surface area contributed by atoms with E-state index in [1.54, 1.807) is 0 Å². The van der Waals surface area contributed by atoms with Gasteiger partial charge in [-0.3, -0.25) is 0 Å². The van der Waals surface area contributed by atoms with Crippen LogP contribution in [0.5, 0.6) is 0 Å². The largest absolute Gasteiger partial charge is 0.422 e. The lowest BCUT2D eigenvalue weighted by molar-refractivity contribution is -0.223. The van der Waals surface area contributed by atoms with E-state index in [9.17, 15) is 17.6 Å². The van der Waals surface area contributed by atoms with Gasteiger partial charge in [-0.2, -0.15) is 13.2 Å². The molecule has 0 aromatic carbocycles. The highest BCUT2D eigenvalue weighted by Crippen LogP contribution is 2.30. The van der Waals surface area contributed by atoms with Crippen LogP contribution in [0.4, 0.5) is 17.6 Å². The molecule has 0 spiro atoms. The summed E-state index contributed by atoms with van der Waals surface area (Å²) in [4.78, 5) is 0. The van der Waals surface area contributed by atoms with Crippen molar-refractivity contribution >= 4 is 0 Å². The Bertz CT molecular complexity index is 97.8. The molecule has 5 heteroatoms. The lowest BCUT2D eigenvalue weighted by Crippen LogP contribution is -2.43. The molecule has 0 saturated carbocycles. The molecule has 10 heavy (non-hydrogen) atoms. The average molecular weight is 160 g/mol. The second-order valence-corrected chi connectivity index (χ2v) is 2.56. The van der Waals surface area contributed by atoms with Crippen molar-refractivity contribution in [2.24, 2.45) is 0 Å². The third kappa shape index (κ3) is 2.51. The zero-order valence-electron chi connectivity index (χ0n) is 5.54. The Hall–Kier alpha value is -0.320. The number of aliphatic hydroxyl groups is 1. The fraction of sp³-hybridized carbons (Fsp3) is 1.00. The highest BCUT2D eigenvalue weighted by atomic mass is 19.4. The van der Waals surface area contributed by atoms with E-state index in [0.717, 1.165) is 13.8 Å². The molecule has 1 nitrogen and oxygen atoms in total. The quantitative estimate of drug-likeness (QED) is 0.578. The fourth-order valence-corrected chi connectivity index (χ4v) is 0.401. The minimum absolute atomic E-state index is 0.769. The molecule has 0 aliphatic carbocycles. The van der Waals surface area contributed by atoms with Crippen LogP contribution in [0.2, 0.25) is 0 Å². The summed E-state index contributed by atoms with van der Waals surface area (Å²) in [5.74, 6) is 0. The summed E-state index contributed by atoms with van der Waals surface area (Å²) in [5, 5.41) is 8.53. The van der Waals surface area contributed by atoms with Crippen molar-refractivity contribution in [1.29, 1.82) is 0 Å². The van der Waals surface area contributed by atoms with Crippen molar-refractivity contribution in [3.8, 4) is 0 Å². The highest BCUT2D eigenvalue weighted by molar-refractivity contribution is 4.82. The molecule has 0 fully saturated rings. The first-order chi connectivity index (χ1) is 4.15. The lowest BCUT2D eigenvalue weighted by atomic mass is 10.0. The molecule has 1 N–H and O–H groups in total. The number of hydrogen-bond donors (Lipinski definition) is 1. The van der Waals surface area contributed by atoms with Gasteiger partial charge >= 0.3 is 6.18 Å². The van der Waals surface area contributed by atoms with Gasteiger partial charge in [0.2, 0.25) is 6.17 Å². The molecule has 0 amide bonds. The minimum Gasteiger partial charge on any atom is -0.387 e. The third-order valence-electron chi connectivity index (χ3n) is 0.908. The van der Waals surface area contributed by atoms with E-state index in [2.05, 4.69) is 0 Å². The Morgan fingerprint density at radius 2 is 1.50 bits per heavy atom. The van der Waals surface area contributed by atoms with Crippen LogP contribution < -0.4 is 0 Å². The number of hydrogen-bond acceptors (Lipinski definition) is 1. The molecule has 1 atom stereocenters. The maximum atomic E-state index is 12.0. The second-order valence-electron chi connectivity index (χ2n) is 2.56. The van der Waals surface area contributed by atoms with Gasteiger partial charge in [0.15, 0.2) is 0 Å². The maximum absolute atomic E-state index is 12.0.